The van der Waals surface area contributed by atoms with Crippen LogP contribution < -0.4 is 15.4 Å². The topological polar surface area (TPSA) is 70.6 Å². The number of rotatable bonds is 4. The summed E-state index contributed by atoms with van der Waals surface area (Å²) >= 11 is 0. The Bertz CT molecular complexity index is 561. The molecule has 3 N–H and O–H groups in total. The Morgan fingerprint density at radius 3 is 2.82 bits per heavy atom. The Morgan fingerprint density at radius 1 is 1.36 bits per heavy atom. The third kappa shape index (κ3) is 2.77. The molecule has 120 valence electrons. The van der Waals surface area contributed by atoms with E-state index in [9.17, 15) is 9.90 Å². The third-order valence-electron chi connectivity index (χ3n) is 5.28. The summed E-state index contributed by atoms with van der Waals surface area (Å²) in [6, 6.07) is 5.48. The molecule has 0 radical (unpaired) electrons. The molecule has 4 atom stereocenters. The third-order valence-corrected chi connectivity index (χ3v) is 5.28. The van der Waals surface area contributed by atoms with E-state index in [1.807, 2.05) is 25.1 Å². The van der Waals surface area contributed by atoms with Crippen molar-refractivity contribution in [3.63, 3.8) is 0 Å². The first-order valence-corrected chi connectivity index (χ1v) is 7.95. The van der Waals surface area contributed by atoms with E-state index >= 15 is 0 Å². The maximum absolute atomic E-state index is 12.3. The summed E-state index contributed by atoms with van der Waals surface area (Å²) in [5, 5.41) is 15.6. The lowest BCUT2D eigenvalue weighted by Crippen LogP contribution is -2.46. The average molecular weight is 304 g/mol. The second-order valence-corrected chi connectivity index (χ2v) is 6.48. The minimum Gasteiger partial charge on any atom is -0.497 e. The van der Waals surface area contributed by atoms with Gasteiger partial charge < -0.3 is 20.5 Å². The lowest BCUT2D eigenvalue weighted by Gasteiger charge is -2.30. The number of nitrogens with one attached hydrogen (secondary N) is 2. The highest BCUT2D eigenvalue weighted by Gasteiger charge is 2.47. The number of hydrogen-bond acceptors (Lipinski definition) is 3. The number of carbonyl (C=O) groups is 1. The number of methoxy groups -OCH3 is 1. The first-order valence-electron chi connectivity index (χ1n) is 7.95. The van der Waals surface area contributed by atoms with Crippen LogP contribution in [0.2, 0.25) is 0 Å². The zero-order valence-electron chi connectivity index (χ0n) is 13.1. The van der Waals surface area contributed by atoms with Gasteiger partial charge >= 0.3 is 6.03 Å². The van der Waals surface area contributed by atoms with E-state index in [1.165, 1.54) is 6.42 Å². The van der Waals surface area contributed by atoms with Crippen LogP contribution in [0.3, 0.4) is 0 Å². The first-order chi connectivity index (χ1) is 10.6. The first kappa shape index (κ1) is 15.2. The minimum atomic E-state index is -0.190. The summed E-state index contributed by atoms with van der Waals surface area (Å²) in [5.41, 5.74) is 1.74. The van der Waals surface area contributed by atoms with Crippen LogP contribution in [-0.2, 0) is 0 Å². The lowest BCUT2D eigenvalue weighted by atomic mass is 9.85. The molecule has 0 heterocycles. The van der Waals surface area contributed by atoms with Crippen molar-refractivity contribution in [3.8, 4) is 5.75 Å². The van der Waals surface area contributed by atoms with Crippen molar-refractivity contribution in [2.75, 3.05) is 19.0 Å². The molecule has 1 aromatic carbocycles. The Hall–Kier alpha value is -1.75. The Kier molecular flexibility index (Phi) is 4.25. The minimum absolute atomic E-state index is 0.0994. The molecule has 0 unspecified atom stereocenters. The number of fused-ring (bicyclic) bond motifs is 2. The van der Waals surface area contributed by atoms with Crippen LogP contribution in [0.1, 0.15) is 24.8 Å². The van der Waals surface area contributed by atoms with E-state index in [4.69, 9.17) is 4.74 Å². The number of ether oxygens (including phenoxy) is 1. The average Bonchev–Trinajstić information content (AvgIpc) is 3.10. The highest BCUT2D eigenvalue weighted by atomic mass is 16.5. The van der Waals surface area contributed by atoms with Gasteiger partial charge in [0.05, 0.1) is 7.11 Å². The van der Waals surface area contributed by atoms with Gasteiger partial charge in [-0.3, -0.25) is 0 Å². The van der Waals surface area contributed by atoms with Crippen LogP contribution in [0, 0.1) is 24.7 Å². The number of carbonyl (C=O) groups excluding carboxylic acids is 1. The van der Waals surface area contributed by atoms with Crippen molar-refractivity contribution >= 4 is 11.7 Å². The van der Waals surface area contributed by atoms with Crippen LogP contribution in [0.5, 0.6) is 5.75 Å². The van der Waals surface area contributed by atoms with Crippen molar-refractivity contribution in [1.82, 2.24) is 5.32 Å². The smallest absolute Gasteiger partial charge is 0.319 e. The number of hydrogen-bond donors (Lipinski definition) is 3. The van der Waals surface area contributed by atoms with E-state index < -0.39 is 0 Å². The molecule has 22 heavy (non-hydrogen) atoms. The largest absolute Gasteiger partial charge is 0.497 e. The predicted octanol–water partition coefficient (Wildman–Crippen LogP) is 2.53. The summed E-state index contributed by atoms with van der Waals surface area (Å²) in [6.45, 7) is 2.10. The molecule has 2 aliphatic carbocycles. The lowest BCUT2D eigenvalue weighted by molar-refractivity contribution is 0.146. The van der Waals surface area contributed by atoms with Crippen molar-refractivity contribution in [2.45, 2.75) is 32.2 Å². The van der Waals surface area contributed by atoms with Gasteiger partial charge in [0.25, 0.3) is 0 Å². The number of aliphatic hydroxyl groups is 1. The van der Waals surface area contributed by atoms with Crippen LogP contribution in [-0.4, -0.2) is 30.9 Å². The Balaban J connectivity index is 1.63. The van der Waals surface area contributed by atoms with Crippen LogP contribution in [0.15, 0.2) is 18.2 Å². The van der Waals surface area contributed by atoms with Crippen LogP contribution in [0.25, 0.3) is 0 Å². The number of benzene rings is 1. The molecule has 2 aliphatic rings. The normalized spacial score (nSPS) is 29.4. The fourth-order valence-corrected chi connectivity index (χ4v) is 4.11. The number of urea groups is 1. The summed E-state index contributed by atoms with van der Waals surface area (Å²) in [7, 11) is 1.62. The van der Waals surface area contributed by atoms with E-state index in [0.717, 1.165) is 29.8 Å². The second-order valence-electron chi connectivity index (χ2n) is 6.48. The fraction of sp³-hybridized carbons (Fsp3) is 0.588. The second kappa shape index (κ2) is 6.16. The number of aliphatic hydroxyl groups excluding tert-OH is 1. The molecule has 3 rings (SSSR count). The summed E-state index contributed by atoms with van der Waals surface area (Å²) < 4.78 is 5.17. The highest BCUT2D eigenvalue weighted by molar-refractivity contribution is 5.90. The molecule has 0 aromatic heterocycles. The molecule has 0 saturated heterocycles. The van der Waals surface area contributed by atoms with Gasteiger partial charge in [-0.25, -0.2) is 4.79 Å². The zero-order chi connectivity index (χ0) is 15.7. The van der Waals surface area contributed by atoms with Crippen molar-refractivity contribution in [2.24, 2.45) is 17.8 Å². The molecule has 5 nitrogen and oxygen atoms in total. The Morgan fingerprint density at radius 2 is 2.14 bits per heavy atom. The van der Waals surface area contributed by atoms with Gasteiger partial charge in [0, 0.05) is 24.3 Å². The van der Waals surface area contributed by atoms with Crippen molar-refractivity contribution < 1.29 is 14.6 Å². The molecular weight excluding hydrogens is 280 g/mol. The molecule has 2 amide bonds. The van der Waals surface area contributed by atoms with Gasteiger partial charge in [-0.15, -0.1) is 0 Å². The maximum atomic E-state index is 12.3. The van der Waals surface area contributed by atoms with Gasteiger partial charge in [0.15, 0.2) is 0 Å². The van der Waals surface area contributed by atoms with Crippen LogP contribution in [0.4, 0.5) is 10.5 Å². The van der Waals surface area contributed by atoms with Gasteiger partial charge in [0.1, 0.15) is 5.75 Å². The van der Waals surface area contributed by atoms with E-state index in [-0.39, 0.29) is 24.6 Å². The standard InChI is InChI=1S/C17H24N2O3/c1-10-7-13(22-2)5-6-15(10)18-17(21)19-16-12-4-3-11(8-12)14(16)9-20/h5-7,11-12,14,16,20H,3-4,8-9H2,1-2H3,(H2,18,19,21)/t11-,12-,14-,16-/m0/s1. The fourth-order valence-electron chi connectivity index (χ4n) is 4.11. The Labute approximate surface area is 131 Å². The molecular formula is C17H24N2O3. The van der Waals surface area contributed by atoms with Crippen LogP contribution >= 0.6 is 0 Å². The quantitative estimate of drug-likeness (QED) is 0.800. The predicted molar refractivity (Wildman–Crippen MR) is 85.1 cm³/mol. The highest BCUT2D eigenvalue weighted by Crippen LogP contribution is 2.48. The van der Waals surface area contributed by atoms with Crippen molar-refractivity contribution in [3.05, 3.63) is 23.8 Å². The molecule has 2 bridgehead atoms. The molecule has 0 aliphatic heterocycles. The van der Waals surface area contributed by atoms with E-state index in [2.05, 4.69) is 10.6 Å². The monoisotopic (exact) mass is 304 g/mol. The zero-order valence-corrected chi connectivity index (χ0v) is 13.1. The molecule has 2 saturated carbocycles. The number of amides is 2. The van der Waals surface area contributed by atoms with Gasteiger partial charge in [-0.2, -0.15) is 0 Å². The van der Waals surface area contributed by atoms with Crippen molar-refractivity contribution in [1.29, 1.82) is 0 Å². The van der Waals surface area contributed by atoms with Gasteiger partial charge in [-0.1, -0.05) is 0 Å². The number of aryl methyl sites for hydroxylation is 1. The van der Waals surface area contributed by atoms with E-state index in [1.54, 1.807) is 7.11 Å². The summed E-state index contributed by atoms with van der Waals surface area (Å²) in [4.78, 5) is 12.3. The summed E-state index contributed by atoms with van der Waals surface area (Å²) in [6.07, 6.45) is 3.48. The van der Waals surface area contributed by atoms with E-state index in [0.29, 0.717) is 11.8 Å². The summed E-state index contributed by atoms with van der Waals surface area (Å²) in [5.74, 6) is 2.08. The molecule has 0 spiro atoms. The molecule has 5 heteroatoms. The molecule has 1 aromatic rings. The van der Waals surface area contributed by atoms with Gasteiger partial charge in [0.2, 0.25) is 0 Å². The number of anilines is 1. The van der Waals surface area contributed by atoms with Gasteiger partial charge in [-0.05, 0) is 61.8 Å². The SMILES string of the molecule is COc1ccc(NC(=O)N[C@H]2[C@H]3CC[C@@H](C3)[C@@H]2CO)c(C)c1. The molecule has 2 fully saturated rings. The maximum Gasteiger partial charge on any atom is 0.319 e.